The highest BCUT2D eigenvalue weighted by Crippen LogP contribution is 2.33. The Hall–Kier alpha value is -4.45. The first-order valence-corrected chi connectivity index (χ1v) is 18.1. The number of anilines is 1. The number of carbonyl (C=O) groups is 2. The molecule has 10 nitrogen and oxygen atoms in total. The van der Waals surface area contributed by atoms with E-state index in [-0.39, 0.29) is 35.3 Å². The van der Waals surface area contributed by atoms with Crippen molar-refractivity contribution in [3.8, 4) is 17.2 Å². The van der Waals surface area contributed by atoms with Crippen molar-refractivity contribution in [1.82, 2.24) is 10.2 Å². The highest BCUT2D eigenvalue weighted by Gasteiger charge is 2.35. The maximum absolute atomic E-state index is 14.7. The first-order chi connectivity index (χ1) is 23.9. The van der Waals surface area contributed by atoms with Crippen LogP contribution in [-0.4, -0.2) is 64.6 Å². The summed E-state index contributed by atoms with van der Waals surface area (Å²) in [4.78, 5) is 29.8. The fourth-order valence-electron chi connectivity index (χ4n) is 5.28. The van der Waals surface area contributed by atoms with Gasteiger partial charge in [0, 0.05) is 35.1 Å². The van der Waals surface area contributed by atoms with Crippen molar-refractivity contribution in [2.75, 3.05) is 31.7 Å². The van der Waals surface area contributed by atoms with Crippen molar-refractivity contribution < 1.29 is 32.2 Å². The number of hydrogen-bond donors (Lipinski definition) is 1. The molecule has 13 heteroatoms. The lowest BCUT2D eigenvalue weighted by atomic mass is 10.0. The molecule has 1 atom stereocenters. The lowest BCUT2D eigenvalue weighted by Crippen LogP contribution is -2.54. The SMILES string of the molecule is CCOc1ccc(N(CC(=O)N(Cc2ccc(Cl)cc2Cl)[C@@H](Cc2ccccc2)C(=O)NC(C)C)S(=O)(=O)c2ccc(OC)c(OC)c2)cc1. The molecule has 4 aromatic rings. The molecule has 0 aliphatic rings. The zero-order chi connectivity index (χ0) is 36.4. The van der Waals surface area contributed by atoms with Crippen molar-refractivity contribution in [1.29, 1.82) is 0 Å². The van der Waals surface area contributed by atoms with E-state index in [1.165, 1.54) is 37.3 Å². The second-order valence-electron chi connectivity index (χ2n) is 11.6. The summed E-state index contributed by atoms with van der Waals surface area (Å²) in [5.74, 6) is 0.00434. The van der Waals surface area contributed by atoms with Crippen LogP contribution >= 0.6 is 23.2 Å². The van der Waals surface area contributed by atoms with Gasteiger partial charge in [-0.2, -0.15) is 0 Å². The van der Waals surface area contributed by atoms with Gasteiger partial charge >= 0.3 is 0 Å². The average Bonchev–Trinajstić information content (AvgIpc) is 3.09. The molecule has 266 valence electrons. The van der Waals surface area contributed by atoms with Crippen LogP contribution in [0.1, 0.15) is 31.9 Å². The third-order valence-electron chi connectivity index (χ3n) is 7.72. The van der Waals surface area contributed by atoms with Crippen LogP contribution in [0.25, 0.3) is 0 Å². The molecule has 0 aliphatic heterocycles. The Morgan fingerprint density at radius 2 is 1.54 bits per heavy atom. The van der Waals surface area contributed by atoms with E-state index < -0.39 is 34.4 Å². The van der Waals surface area contributed by atoms with E-state index in [0.717, 1.165) is 9.87 Å². The number of benzene rings is 4. The number of nitrogens with one attached hydrogen (secondary N) is 1. The summed E-state index contributed by atoms with van der Waals surface area (Å²) in [6.07, 6.45) is 0.155. The number of carbonyl (C=O) groups excluding carboxylic acids is 2. The van der Waals surface area contributed by atoms with Crippen molar-refractivity contribution in [3.63, 3.8) is 0 Å². The summed E-state index contributed by atoms with van der Waals surface area (Å²) in [5, 5.41) is 3.62. The number of nitrogens with zero attached hydrogens (tertiary/aromatic N) is 2. The van der Waals surface area contributed by atoms with E-state index in [2.05, 4.69) is 5.32 Å². The van der Waals surface area contributed by atoms with Crippen LogP contribution in [0.4, 0.5) is 5.69 Å². The summed E-state index contributed by atoms with van der Waals surface area (Å²) in [5.41, 5.74) is 1.53. The fraction of sp³-hybridized carbons (Fsp3) is 0.297. The molecule has 4 aromatic carbocycles. The van der Waals surface area contributed by atoms with Gasteiger partial charge in [0.05, 0.1) is 31.4 Å². The van der Waals surface area contributed by atoms with Crippen LogP contribution in [0.15, 0.2) is 95.9 Å². The van der Waals surface area contributed by atoms with Gasteiger partial charge in [0.25, 0.3) is 10.0 Å². The number of rotatable bonds is 16. The van der Waals surface area contributed by atoms with Crippen LogP contribution in [0.5, 0.6) is 17.2 Å². The molecule has 0 aromatic heterocycles. The zero-order valence-electron chi connectivity index (χ0n) is 28.6. The van der Waals surface area contributed by atoms with Gasteiger partial charge in [0.2, 0.25) is 11.8 Å². The molecule has 0 saturated carbocycles. The molecule has 50 heavy (non-hydrogen) atoms. The Morgan fingerprint density at radius 1 is 0.860 bits per heavy atom. The predicted molar refractivity (Wildman–Crippen MR) is 196 cm³/mol. The second kappa shape index (κ2) is 17.5. The molecular formula is C37H41Cl2N3O7S. The minimum atomic E-state index is -4.41. The molecule has 0 aliphatic carbocycles. The Balaban J connectivity index is 1.85. The van der Waals surface area contributed by atoms with Crippen molar-refractivity contribution in [3.05, 3.63) is 112 Å². The number of amides is 2. The number of sulfonamides is 1. The largest absolute Gasteiger partial charge is 0.494 e. The molecule has 0 fully saturated rings. The topological polar surface area (TPSA) is 114 Å². The van der Waals surface area contributed by atoms with Gasteiger partial charge in [-0.3, -0.25) is 13.9 Å². The molecule has 0 radical (unpaired) electrons. The van der Waals surface area contributed by atoms with Crippen LogP contribution < -0.4 is 23.8 Å². The maximum atomic E-state index is 14.7. The van der Waals surface area contributed by atoms with E-state index in [4.69, 9.17) is 37.4 Å². The van der Waals surface area contributed by atoms with E-state index in [9.17, 15) is 18.0 Å². The number of hydrogen-bond acceptors (Lipinski definition) is 7. The standard InChI is InChI=1S/C37H41Cl2N3O7S/c1-6-49-30-16-14-29(15-17-30)42(50(45,46)31-18-19-34(47-4)35(22-31)48-5)24-36(43)41(23-27-12-13-28(38)21-32(27)39)33(37(44)40-25(2)3)20-26-10-8-7-9-11-26/h7-19,21-22,25,33H,6,20,23-24H2,1-5H3,(H,40,44)/t33-/m0/s1. The maximum Gasteiger partial charge on any atom is 0.264 e. The smallest absolute Gasteiger partial charge is 0.264 e. The summed E-state index contributed by atoms with van der Waals surface area (Å²) in [6, 6.07) is 23.4. The molecule has 0 spiro atoms. The van der Waals surface area contributed by atoms with Gasteiger partial charge in [-0.15, -0.1) is 0 Å². The van der Waals surface area contributed by atoms with Crippen LogP contribution in [0.2, 0.25) is 10.0 Å². The quantitative estimate of drug-likeness (QED) is 0.135. The average molecular weight is 743 g/mol. The van der Waals surface area contributed by atoms with E-state index >= 15 is 0 Å². The summed E-state index contributed by atoms with van der Waals surface area (Å²) in [6.45, 7) is 5.13. The molecule has 0 heterocycles. The van der Waals surface area contributed by atoms with Gasteiger partial charge in [0.15, 0.2) is 11.5 Å². The predicted octanol–water partition coefficient (Wildman–Crippen LogP) is 6.77. The van der Waals surface area contributed by atoms with Gasteiger partial charge in [-0.25, -0.2) is 8.42 Å². The van der Waals surface area contributed by atoms with Crippen molar-refractivity contribution in [2.24, 2.45) is 0 Å². The van der Waals surface area contributed by atoms with Crippen LogP contribution in [-0.2, 0) is 32.6 Å². The fourth-order valence-corrected chi connectivity index (χ4v) is 7.17. The molecule has 0 bridgehead atoms. The third kappa shape index (κ3) is 9.62. The third-order valence-corrected chi connectivity index (χ3v) is 10.1. The summed E-state index contributed by atoms with van der Waals surface area (Å²) < 4.78 is 46.2. The van der Waals surface area contributed by atoms with Crippen LogP contribution in [0.3, 0.4) is 0 Å². The van der Waals surface area contributed by atoms with E-state index in [0.29, 0.717) is 33.7 Å². The number of halogens is 2. The Labute approximate surface area is 303 Å². The molecule has 1 N–H and O–H groups in total. The minimum Gasteiger partial charge on any atom is -0.494 e. The monoisotopic (exact) mass is 741 g/mol. The van der Waals surface area contributed by atoms with Gasteiger partial charge < -0.3 is 24.4 Å². The van der Waals surface area contributed by atoms with E-state index in [1.54, 1.807) is 42.5 Å². The Kier molecular flexibility index (Phi) is 13.4. The lowest BCUT2D eigenvalue weighted by molar-refractivity contribution is -0.140. The van der Waals surface area contributed by atoms with Gasteiger partial charge in [0.1, 0.15) is 18.3 Å². The lowest BCUT2D eigenvalue weighted by Gasteiger charge is -2.34. The Bertz CT molecular complexity index is 1870. The molecular weight excluding hydrogens is 701 g/mol. The highest BCUT2D eigenvalue weighted by molar-refractivity contribution is 7.92. The van der Waals surface area contributed by atoms with Crippen LogP contribution in [0, 0.1) is 0 Å². The first-order valence-electron chi connectivity index (χ1n) is 15.9. The summed E-state index contributed by atoms with van der Waals surface area (Å²) in [7, 11) is -1.57. The van der Waals surface area contributed by atoms with Crippen molar-refractivity contribution >= 4 is 50.7 Å². The first kappa shape index (κ1) is 38.4. The molecule has 0 unspecified atom stereocenters. The molecule has 2 amide bonds. The zero-order valence-corrected chi connectivity index (χ0v) is 30.9. The minimum absolute atomic E-state index is 0.106. The molecule has 0 saturated heterocycles. The van der Waals surface area contributed by atoms with Gasteiger partial charge in [-0.1, -0.05) is 59.6 Å². The van der Waals surface area contributed by atoms with E-state index in [1.807, 2.05) is 51.1 Å². The molecule has 4 rings (SSSR count). The second-order valence-corrected chi connectivity index (χ2v) is 14.3. The number of methoxy groups -OCH3 is 2. The Morgan fingerprint density at radius 3 is 2.14 bits per heavy atom. The normalized spacial score (nSPS) is 11.8. The van der Waals surface area contributed by atoms with Gasteiger partial charge in [-0.05, 0) is 80.4 Å². The van der Waals surface area contributed by atoms with Crippen molar-refractivity contribution in [2.45, 2.75) is 50.7 Å². The highest BCUT2D eigenvalue weighted by atomic mass is 35.5. The number of ether oxygens (including phenoxy) is 3. The summed E-state index contributed by atoms with van der Waals surface area (Å²) >= 11 is 12.8.